The lowest BCUT2D eigenvalue weighted by atomic mass is 9.62. The van der Waals surface area contributed by atoms with E-state index in [0.717, 1.165) is 17.8 Å². The van der Waals surface area contributed by atoms with Crippen LogP contribution in [0.15, 0.2) is 0 Å². The van der Waals surface area contributed by atoms with E-state index in [4.69, 9.17) is 0 Å². The Kier molecular flexibility index (Phi) is 10.8. The van der Waals surface area contributed by atoms with Gasteiger partial charge < -0.3 is 0 Å². The quantitative estimate of drug-likeness (QED) is 0.488. The van der Waals surface area contributed by atoms with Gasteiger partial charge in [-0.25, -0.2) is 0 Å². The van der Waals surface area contributed by atoms with Crippen LogP contribution in [0.1, 0.15) is 82.6 Å². The Morgan fingerprint density at radius 2 is 1.44 bits per heavy atom. The first-order valence-electron chi connectivity index (χ1n) is 6.14. The van der Waals surface area contributed by atoms with E-state index in [-0.39, 0.29) is 22.3 Å². The summed E-state index contributed by atoms with van der Waals surface area (Å²) in [6, 6.07) is 0. The second-order valence-corrected chi connectivity index (χ2v) is 5.14. The van der Waals surface area contributed by atoms with E-state index >= 15 is 0 Å². The molecule has 0 amide bonds. The highest BCUT2D eigenvalue weighted by Gasteiger charge is 2.50. The first-order chi connectivity index (χ1) is 6.14. The minimum Gasteiger partial charge on any atom is -0.0776 e. The van der Waals surface area contributed by atoms with Crippen LogP contribution in [0.5, 0.6) is 0 Å². The lowest BCUT2D eigenvalue weighted by Crippen LogP contribution is -2.35. The van der Waals surface area contributed by atoms with Crippen molar-refractivity contribution in [3.63, 3.8) is 0 Å². The van der Waals surface area contributed by atoms with Gasteiger partial charge in [0.05, 0.1) is 0 Å². The van der Waals surface area contributed by atoms with E-state index in [1.807, 2.05) is 13.8 Å². The van der Waals surface area contributed by atoms with Crippen LogP contribution in [0, 0.1) is 23.2 Å². The first-order valence-corrected chi connectivity index (χ1v) is 6.14. The fourth-order valence-corrected chi connectivity index (χ4v) is 3.18. The van der Waals surface area contributed by atoms with Gasteiger partial charge in [0.15, 0.2) is 0 Å². The number of hydrogen-bond acceptors (Lipinski definition) is 0. The fourth-order valence-electron chi connectivity index (χ4n) is 3.18. The summed E-state index contributed by atoms with van der Waals surface area (Å²) in [5.41, 5.74) is 0.711. The molecule has 0 heteroatoms. The average molecular weight is 230 g/mol. The molecule has 0 aromatic rings. The summed E-state index contributed by atoms with van der Waals surface area (Å²) in [6.07, 6.45) is 6.09. The lowest BCUT2D eigenvalue weighted by Gasteiger charge is -2.43. The smallest absolute Gasteiger partial charge is 0.0272 e. The molecular formula is C16H38. The van der Waals surface area contributed by atoms with Gasteiger partial charge in [-0.2, -0.15) is 0 Å². The molecule has 2 saturated carbocycles. The summed E-state index contributed by atoms with van der Waals surface area (Å²) in [5, 5.41) is 0. The van der Waals surface area contributed by atoms with Crippen molar-refractivity contribution in [2.75, 3.05) is 0 Å². The molecule has 3 unspecified atom stereocenters. The second-order valence-electron chi connectivity index (χ2n) is 5.14. The van der Waals surface area contributed by atoms with Crippen molar-refractivity contribution in [3.8, 4) is 0 Å². The Bertz CT molecular complexity index is 159. The third kappa shape index (κ3) is 3.25. The van der Waals surface area contributed by atoms with Crippen molar-refractivity contribution >= 4 is 0 Å². The Hall–Kier alpha value is 0. The van der Waals surface area contributed by atoms with Crippen LogP contribution in [0.2, 0.25) is 0 Å². The summed E-state index contributed by atoms with van der Waals surface area (Å²) in [4.78, 5) is 0. The zero-order valence-corrected chi connectivity index (χ0v) is 10.1. The van der Waals surface area contributed by atoms with Gasteiger partial charge in [-0.05, 0) is 48.9 Å². The van der Waals surface area contributed by atoms with Gasteiger partial charge in [0.1, 0.15) is 0 Å². The molecule has 0 bridgehead atoms. The van der Waals surface area contributed by atoms with Gasteiger partial charge in [-0.3, -0.25) is 0 Å². The number of fused-ring (bicyclic) bond motifs is 1. The first kappa shape index (κ1) is 21.3. The molecule has 2 aliphatic carbocycles. The highest BCUT2D eigenvalue weighted by Crippen LogP contribution is 2.60. The third-order valence-corrected chi connectivity index (χ3v) is 4.64. The highest BCUT2D eigenvalue weighted by molar-refractivity contribution is 5.00. The van der Waals surface area contributed by atoms with Crippen LogP contribution in [-0.4, -0.2) is 0 Å². The van der Waals surface area contributed by atoms with Gasteiger partial charge in [0.25, 0.3) is 0 Å². The van der Waals surface area contributed by atoms with Crippen LogP contribution < -0.4 is 0 Å². The van der Waals surface area contributed by atoms with Crippen molar-refractivity contribution in [2.45, 2.75) is 82.6 Å². The molecule has 0 radical (unpaired) electrons. The molecule has 0 nitrogen and oxygen atoms in total. The van der Waals surface area contributed by atoms with E-state index in [0.29, 0.717) is 5.41 Å². The van der Waals surface area contributed by atoms with E-state index in [2.05, 4.69) is 20.8 Å². The molecule has 16 heavy (non-hydrogen) atoms. The number of rotatable bonds is 1. The summed E-state index contributed by atoms with van der Waals surface area (Å²) in [5.74, 6) is 3.13. The minimum absolute atomic E-state index is 0. The van der Waals surface area contributed by atoms with E-state index in [9.17, 15) is 0 Å². The molecule has 0 heterocycles. The van der Waals surface area contributed by atoms with Gasteiger partial charge in [-0.1, -0.05) is 56.9 Å². The van der Waals surface area contributed by atoms with E-state index in [1.165, 1.54) is 25.7 Å². The SMILES string of the molecule is C.C.C.CC.CC(C)C1(C)CCC2CCC21. The molecule has 2 aliphatic rings. The summed E-state index contributed by atoms with van der Waals surface area (Å²) in [7, 11) is 0. The Labute approximate surface area is 106 Å². The average Bonchev–Trinajstić information content (AvgIpc) is 2.27. The van der Waals surface area contributed by atoms with Crippen LogP contribution in [-0.2, 0) is 0 Å². The molecule has 0 aliphatic heterocycles. The Morgan fingerprint density at radius 3 is 1.62 bits per heavy atom. The van der Waals surface area contributed by atoms with E-state index < -0.39 is 0 Å². The zero-order chi connectivity index (χ0) is 10.1. The molecule has 0 saturated heterocycles. The largest absolute Gasteiger partial charge is 0.0776 e. The molecule has 2 fully saturated rings. The maximum Gasteiger partial charge on any atom is -0.0272 e. The lowest BCUT2D eigenvalue weighted by molar-refractivity contribution is 0.0589. The van der Waals surface area contributed by atoms with Crippen molar-refractivity contribution in [1.29, 1.82) is 0 Å². The summed E-state index contributed by atoms with van der Waals surface area (Å²) < 4.78 is 0. The standard InChI is InChI=1S/C11H20.C2H6.3CH4/c1-8(2)11(3)7-6-9-4-5-10(9)11;1-2;;;/h8-10H,4-7H2,1-3H3;1-2H3;3*1H4. The van der Waals surface area contributed by atoms with Gasteiger partial charge in [0, 0.05) is 0 Å². The Morgan fingerprint density at radius 1 is 0.938 bits per heavy atom. The van der Waals surface area contributed by atoms with Crippen molar-refractivity contribution in [2.24, 2.45) is 23.2 Å². The normalized spacial score (nSPS) is 34.1. The zero-order valence-electron chi connectivity index (χ0n) is 10.1. The van der Waals surface area contributed by atoms with Crippen LogP contribution >= 0.6 is 0 Å². The molecule has 2 rings (SSSR count). The molecule has 0 aromatic carbocycles. The molecule has 0 aromatic heterocycles. The molecule has 3 atom stereocenters. The highest BCUT2D eigenvalue weighted by atomic mass is 14.6. The fraction of sp³-hybridized carbons (Fsp3) is 1.00. The number of hydrogen-bond donors (Lipinski definition) is 0. The summed E-state index contributed by atoms with van der Waals surface area (Å²) in [6.45, 7) is 11.3. The molecular weight excluding hydrogens is 192 g/mol. The van der Waals surface area contributed by atoms with Gasteiger partial charge in [-0.15, -0.1) is 0 Å². The van der Waals surface area contributed by atoms with Gasteiger partial charge >= 0.3 is 0 Å². The van der Waals surface area contributed by atoms with Crippen LogP contribution in [0.25, 0.3) is 0 Å². The second kappa shape index (κ2) is 8.14. The van der Waals surface area contributed by atoms with Crippen molar-refractivity contribution < 1.29 is 0 Å². The third-order valence-electron chi connectivity index (χ3n) is 4.64. The molecule has 0 spiro atoms. The topological polar surface area (TPSA) is 0 Å². The predicted molar refractivity (Wildman–Crippen MR) is 79.9 cm³/mol. The van der Waals surface area contributed by atoms with Crippen molar-refractivity contribution in [1.82, 2.24) is 0 Å². The van der Waals surface area contributed by atoms with Crippen LogP contribution in [0.4, 0.5) is 0 Å². The molecule has 102 valence electrons. The Balaban J connectivity index is -0.000000321. The summed E-state index contributed by atoms with van der Waals surface area (Å²) >= 11 is 0. The van der Waals surface area contributed by atoms with E-state index in [1.54, 1.807) is 0 Å². The maximum absolute atomic E-state index is 2.52. The monoisotopic (exact) mass is 230 g/mol. The van der Waals surface area contributed by atoms with Crippen molar-refractivity contribution in [3.05, 3.63) is 0 Å². The maximum atomic E-state index is 2.52. The van der Waals surface area contributed by atoms with Crippen LogP contribution in [0.3, 0.4) is 0 Å². The molecule has 0 N–H and O–H groups in total. The minimum atomic E-state index is 0. The predicted octanol–water partition coefficient (Wildman–Crippen LogP) is 6.40. The van der Waals surface area contributed by atoms with Gasteiger partial charge in [0.2, 0.25) is 0 Å².